The molecule has 1 unspecified atom stereocenters. The van der Waals surface area contributed by atoms with Crippen LogP contribution in [0.25, 0.3) is 0 Å². The van der Waals surface area contributed by atoms with Crippen molar-refractivity contribution in [3.63, 3.8) is 0 Å². The van der Waals surface area contributed by atoms with E-state index < -0.39 is 0 Å². The molecule has 3 heteroatoms. The first-order valence-electron chi connectivity index (χ1n) is 7.03. The summed E-state index contributed by atoms with van der Waals surface area (Å²) < 4.78 is 0. The molecule has 0 aliphatic heterocycles. The van der Waals surface area contributed by atoms with Crippen LogP contribution in [0.2, 0.25) is 0 Å². The normalized spacial score (nSPS) is 16.0. The van der Waals surface area contributed by atoms with Crippen LogP contribution < -0.4 is 5.32 Å². The van der Waals surface area contributed by atoms with Gasteiger partial charge in [0.2, 0.25) is 5.91 Å². The molecule has 0 radical (unpaired) electrons. The van der Waals surface area contributed by atoms with Gasteiger partial charge in [0.1, 0.15) is 0 Å². The first-order chi connectivity index (χ1) is 9.13. The Morgan fingerprint density at radius 1 is 1.47 bits per heavy atom. The Hall–Kier alpha value is -1.64. The van der Waals surface area contributed by atoms with Gasteiger partial charge in [0.05, 0.1) is 0 Å². The molecule has 3 nitrogen and oxygen atoms in total. The van der Waals surface area contributed by atoms with Gasteiger partial charge in [0, 0.05) is 30.3 Å². The lowest BCUT2D eigenvalue weighted by molar-refractivity contribution is -0.121. The van der Waals surface area contributed by atoms with E-state index in [-0.39, 0.29) is 11.9 Å². The molecule has 0 bridgehead atoms. The zero-order valence-electron chi connectivity index (χ0n) is 11.8. The molecular weight excluding hydrogens is 236 g/mol. The van der Waals surface area contributed by atoms with E-state index in [9.17, 15) is 4.79 Å². The Morgan fingerprint density at radius 3 is 3.00 bits per heavy atom. The molecule has 0 spiro atoms. The molecular formula is C16H22N2O. The third-order valence-corrected chi connectivity index (χ3v) is 3.39. The number of aryl methyl sites for hydroxylation is 1. The van der Waals surface area contributed by atoms with Gasteiger partial charge >= 0.3 is 0 Å². The van der Waals surface area contributed by atoms with Gasteiger partial charge < -0.3 is 5.32 Å². The van der Waals surface area contributed by atoms with E-state index in [0.29, 0.717) is 6.42 Å². The number of nitrogens with one attached hydrogen (secondary N) is 1. The summed E-state index contributed by atoms with van der Waals surface area (Å²) >= 11 is 0. The number of aromatic nitrogens is 1. The van der Waals surface area contributed by atoms with Crippen LogP contribution in [0.1, 0.15) is 44.0 Å². The lowest BCUT2D eigenvalue weighted by Crippen LogP contribution is -2.34. The summed E-state index contributed by atoms with van der Waals surface area (Å²) in [6.45, 7) is 4.02. The number of allylic oxidation sites excluding steroid dienone is 1. The zero-order valence-corrected chi connectivity index (χ0v) is 11.8. The van der Waals surface area contributed by atoms with Gasteiger partial charge in [-0.2, -0.15) is 0 Å². The van der Waals surface area contributed by atoms with Crippen molar-refractivity contribution in [2.75, 3.05) is 0 Å². The number of carbonyl (C=O) groups excluding carboxylic acids is 1. The van der Waals surface area contributed by atoms with Crippen LogP contribution in [0.15, 0.2) is 29.8 Å². The lowest BCUT2D eigenvalue weighted by atomic mass is 10.1. The largest absolute Gasteiger partial charge is 0.353 e. The summed E-state index contributed by atoms with van der Waals surface area (Å²) in [6, 6.07) is 6.13. The fourth-order valence-electron chi connectivity index (χ4n) is 2.51. The highest BCUT2D eigenvalue weighted by molar-refractivity contribution is 5.78. The van der Waals surface area contributed by atoms with Gasteiger partial charge in [-0.1, -0.05) is 17.7 Å². The average molecular weight is 258 g/mol. The molecule has 0 fully saturated rings. The highest BCUT2D eigenvalue weighted by Gasteiger charge is 2.12. The first-order valence-corrected chi connectivity index (χ1v) is 7.03. The van der Waals surface area contributed by atoms with E-state index in [1.54, 1.807) is 0 Å². The van der Waals surface area contributed by atoms with Gasteiger partial charge in [-0.3, -0.25) is 9.78 Å². The van der Waals surface area contributed by atoms with Gasteiger partial charge in [-0.05, 0) is 45.2 Å². The van der Waals surface area contributed by atoms with Crippen LogP contribution in [-0.4, -0.2) is 16.9 Å². The van der Waals surface area contributed by atoms with Crippen LogP contribution in [-0.2, 0) is 11.2 Å². The fourth-order valence-corrected chi connectivity index (χ4v) is 2.51. The monoisotopic (exact) mass is 258 g/mol. The number of amides is 1. The molecule has 1 amide bonds. The van der Waals surface area contributed by atoms with Crippen LogP contribution >= 0.6 is 0 Å². The summed E-state index contributed by atoms with van der Waals surface area (Å²) in [5.74, 6) is 0.133. The summed E-state index contributed by atoms with van der Waals surface area (Å²) in [6.07, 6.45) is 6.96. The quantitative estimate of drug-likeness (QED) is 0.825. The van der Waals surface area contributed by atoms with E-state index in [4.69, 9.17) is 0 Å². The Bertz CT molecular complexity index is 479. The molecule has 0 saturated carbocycles. The number of hydrogen-bond donors (Lipinski definition) is 1. The van der Waals surface area contributed by atoms with Crippen molar-refractivity contribution in [1.82, 2.24) is 10.3 Å². The van der Waals surface area contributed by atoms with E-state index in [1.165, 1.54) is 12.0 Å². The average Bonchev–Trinajstić information content (AvgIpc) is 2.81. The van der Waals surface area contributed by atoms with E-state index in [2.05, 4.69) is 16.4 Å². The van der Waals surface area contributed by atoms with E-state index >= 15 is 0 Å². The minimum Gasteiger partial charge on any atom is -0.353 e. The van der Waals surface area contributed by atoms with Crippen LogP contribution in [0, 0.1) is 6.92 Å². The summed E-state index contributed by atoms with van der Waals surface area (Å²) in [4.78, 5) is 16.4. The highest BCUT2D eigenvalue weighted by Crippen LogP contribution is 2.20. The van der Waals surface area contributed by atoms with Crippen molar-refractivity contribution in [2.45, 2.75) is 52.0 Å². The van der Waals surface area contributed by atoms with Gasteiger partial charge in [0.15, 0.2) is 0 Å². The van der Waals surface area contributed by atoms with Crippen LogP contribution in [0.4, 0.5) is 0 Å². The van der Waals surface area contributed by atoms with Gasteiger partial charge in [0.25, 0.3) is 0 Å². The highest BCUT2D eigenvalue weighted by atomic mass is 16.1. The maximum Gasteiger partial charge on any atom is 0.224 e. The fraction of sp³-hybridized carbons (Fsp3) is 0.500. The van der Waals surface area contributed by atoms with Crippen molar-refractivity contribution in [2.24, 2.45) is 0 Å². The smallest absolute Gasteiger partial charge is 0.224 e. The van der Waals surface area contributed by atoms with Crippen molar-refractivity contribution in [3.8, 4) is 0 Å². The molecule has 1 aliphatic rings. The Morgan fingerprint density at radius 2 is 2.32 bits per heavy atom. The number of carbonyl (C=O) groups is 1. The molecule has 1 aromatic rings. The molecule has 2 rings (SSSR count). The predicted octanol–water partition coefficient (Wildman–Crippen LogP) is 2.94. The zero-order chi connectivity index (χ0) is 13.7. The first kappa shape index (κ1) is 13.8. The minimum atomic E-state index is 0.129. The number of nitrogens with zero attached hydrogens (tertiary/aromatic N) is 1. The molecule has 19 heavy (non-hydrogen) atoms. The minimum absolute atomic E-state index is 0.129. The molecule has 1 atom stereocenters. The number of hydrogen-bond acceptors (Lipinski definition) is 2. The molecule has 102 valence electrons. The maximum atomic E-state index is 11.9. The van der Waals surface area contributed by atoms with Gasteiger partial charge in [-0.15, -0.1) is 0 Å². The second-order valence-electron chi connectivity index (χ2n) is 5.37. The molecule has 1 aromatic heterocycles. The van der Waals surface area contributed by atoms with Crippen LogP contribution in [0.5, 0.6) is 0 Å². The van der Waals surface area contributed by atoms with E-state index in [1.807, 2.05) is 32.0 Å². The Balaban J connectivity index is 1.80. The molecule has 1 heterocycles. The molecule has 0 aromatic carbocycles. The lowest BCUT2D eigenvalue weighted by Gasteiger charge is -2.14. The predicted molar refractivity (Wildman–Crippen MR) is 76.8 cm³/mol. The summed E-state index contributed by atoms with van der Waals surface area (Å²) in [7, 11) is 0. The van der Waals surface area contributed by atoms with Crippen LogP contribution in [0.3, 0.4) is 0 Å². The number of rotatable bonds is 5. The molecule has 0 saturated heterocycles. The van der Waals surface area contributed by atoms with Gasteiger partial charge in [-0.25, -0.2) is 0 Å². The third-order valence-electron chi connectivity index (χ3n) is 3.39. The number of pyridine rings is 1. The van der Waals surface area contributed by atoms with Crippen molar-refractivity contribution >= 4 is 5.91 Å². The molecule has 1 N–H and O–H groups in total. The second kappa shape index (κ2) is 6.50. The van der Waals surface area contributed by atoms with Crippen molar-refractivity contribution in [3.05, 3.63) is 41.2 Å². The summed E-state index contributed by atoms with van der Waals surface area (Å²) in [5, 5.41) is 3.05. The SMILES string of the molecule is Cc1cccc(CC(C)NC(=O)CC2=CCCC2)n1. The Kier molecular flexibility index (Phi) is 4.72. The van der Waals surface area contributed by atoms with Crippen molar-refractivity contribution < 1.29 is 4.79 Å². The standard InChI is InChI=1S/C16H22N2O/c1-12-6-5-9-15(17-12)10-13(2)18-16(19)11-14-7-3-4-8-14/h5-7,9,13H,3-4,8,10-11H2,1-2H3,(H,18,19). The maximum absolute atomic E-state index is 11.9. The summed E-state index contributed by atoms with van der Waals surface area (Å²) in [5.41, 5.74) is 3.35. The second-order valence-corrected chi connectivity index (χ2v) is 5.37. The topological polar surface area (TPSA) is 42.0 Å². The Labute approximate surface area is 115 Å². The third kappa shape index (κ3) is 4.51. The van der Waals surface area contributed by atoms with Crippen molar-refractivity contribution in [1.29, 1.82) is 0 Å². The van der Waals surface area contributed by atoms with E-state index in [0.717, 1.165) is 30.7 Å². The molecule has 1 aliphatic carbocycles.